The van der Waals surface area contributed by atoms with Crippen molar-refractivity contribution in [1.82, 2.24) is 0 Å². The Kier molecular flexibility index (Phi) is 6.63. The first-order chi connectivity index (χ1) is 14.2. The smallest absolute Gasteiger partial charge is 0.406 e. The van der Waals surface area contributed by atoms with Crippen molar-refractivity contribution in [3.8, 4) is 22.9 Å². The minimum atomic E-state index is -4.73. The summed E-state index contributed by atoms with van der Waals surface area (Å²) in [7, 11) is 2.71. The van der Waals surface area contributed by atoms with Gasteiger partial charge in [-0.2, -0.15) is 5.26 Å². The molecule has 1 atom stereocenters. The first-order valence-corrected chi connectivity index (χ1v) is 10.2. The van der Waals surface area contributed by atoms with Crippen molar-refractivity contribution in [3.63, 3.8) is 0 Å². The molecule has 30 heavy (non-hydrogen) atoms. The summed E-state index contributed by atoms with van der Waals surface area (Å²) in [5, 5.41) is 9.55. The van der Waals surface area contributed by atoms with E-state index in [1.54, 1.807) is 18.2 Å². The highest BCUT2D eigenvalue weighted by Crippen LogP contribution is 2.35. The average molecular weight is 430 g/mol. The van der Waals surface area contributed by atoms with Crippen molar-refractivity contribution < 1.29 is 17.9 Å². The Balaban J connectivity index is 2.09. The van der Waals surface area contributed by atoms with E-state index >= 15 is 0 Å². The van der Waals surface area contributed by atoms with E-state index < -0.39 is 6.36 Å². The van der Waals surface area contributed by atoms with Crippen LogP contribution in [0.2, 0.25) is 0 Å². The molecule has 1 heterocycles. The van der Waals surface area contributed by atoms with Gasteiger partial charge >= 0.3 is 6.36 Å². The van der Waals surface area contributed by atoms with Gasteiger partial charge in [0.1, 0.15) is 5.75 Å². The first kappa shape index (κ1) is 22.1. The largest absolute Gasteiger partial charge is 0.573 e. The summed E-state index contributed by atoms with van der Waals surface area (Å²) in [4.78, 5) is 4.59. The SMILES string of the molecule is C/C(=C1/CCCCN=C1P)c1cc(C#N)cc(-c2ccc(OC(F)(F)F)cc2)c1C. The van der Waals surface area contributed by atoms with Gasteiger partial charge in [-0.1, -0.05) is 21.4 Å². The maximum atomic E-state index is 12.4. The van der Waals surface area contributed by atoms with E-state index in [0.29, 0.717) is 5.56 Å². The predicted molar refractivity (Wildman–Crippen MR) is 116 cm³/mol. The van der Waals surface area contributed by atoms with Crippen molar-refractivity contribution in [3.05, 3.63) is 58.7 Å². The lowest BCUT2D eigenvalue weighted by Gasteiger charge is -2.17. The fourth-order valence-electron chi connectivity index (χ4n) is 3.68. The lowest BCUT2D eigenvalue weighted by atomic mass is 9.88. The zero-order chi connectivity index (χ0) is 21.9. The second kappa shape index (κ2) is 9.02. The molecule has 0 fully saturated rings. The third-order valence-electron chi connectivity index (χ3n) is 5.22. The Morgan fingerprint density at radius 1 is 1.17 bits per heavy atom. The van der Waals surface area contributed by atoms with E-state index in [-0.39, 0.29) is 5.75 Å². The fraction of sp³-hybridized carbons (Fsp3) is 0.304. The first-order valence-electron chi connectivity index (χ1n) is 9.61. The van der Waals surface area contributed by atoms with Crippen LogP contribution in [0.15, 0.2) is 47.0 Å². The molecular formula is C23H22F3N2OP. The molecule has 2 aromatic carbocycles. The minimum Gasteiger partial charge on any atom is -0.406 e. The van der Waals surface area contributed by atoms with Gasteiger partial charge in [0.25, 0.3) is 0 Å². The highest BCUT2D eigenvalue weighted by molar-refractivity contribution is 7.42. The molecule has 1 aliphatic heterocycles. The Bertz CT molecular complexity index is 1050. The number of rotatable bonds is 3. The second-order valence-corrected chi connectivity index (χ2v) is 7.75. The van der Waals surface area contributed by atoms with E-state index in [1.807, 2.05) is 19.9 Å². The summed E-state index contributed by atoms with van der Waals surface area (Å²) in [6, 6.07) is 11.5. The highest BCUT2D eigenvalue weighted by atomic mass is 31.0. The van der Waals surface area contributed by atoms with Crippen molar-refractivity contribution in [2.24, 2.45) is 4.99 Å². The van der Waals surface area contributed by atoms with E-state index in [4.69, 9.17) is 0 Å². The summed E-state index contributed by atoms with van der Waals surface area (Å²) >= 11 is 0. The van der Waals surface area contributed by atoms with Crippen LogP contribution in [-0.2, 0) is 0 Å². The molecule has 3 nitrogen and oxygen atoms in total. The van der Waals surface area contributed by atoms with Crippen molar-refractivity contribution in [2.75, 3.05) is 6.54 Å². The zero-order valence-electron chi connectivity index (χ0n) is 16.8. The molecule has 1 unspecified atom stereocenters. The quantitative estimate of drug-likeness (QED) is 0.511. The van der Waals surface area contributed by atoms with Crippen LogP contribution in [0.1, 0.15) is 42.9 Å². The van der Waals surface area contributed by atoms with E-state index in [0.717, 1.165) is 64.7 Å². The zero-order valence-corrected chi connectivity index (χ0v) is 18.0. The number of nitrogens with zero attached hydrogens (tertiary/aromatic N) is 2. The number of benzene rings is 2. The van der Waals surface area contributed by atoms with Gasteiger partial charge in [0.05, 0.1) is 17.1 Å². The molecular weight excluding hydrogens is 408 g/mol. The minimum absolute atomic E-state index is 0.277. The summed E-state index contributed by atoms with van der Waals surface area (Å²) < 4.78 is 41.3. The molecule has 0 bridgehead atoms. The molecule has 0 radical (unpaired) electrons. The molecule has 0 saturated heterocycles. The number of hydrogen-bond acceptors (Lipinski definition) is 3. The third-order valence-corrected chi connectivity index (χ3v) is 5.75. The summed E-state index contributed by atoms with van der Waals surface area (Å²) in [5.41, 5.74) is 7.11. The fourth-order valence-corrected chi connectivity index (χ4v) is 4.17. The molecule has 3 rings (SSSR count). The van der Waals surface area contributed by atoms with E-state index in [2.05, 4.69) is 25.0 Å². The lowest BCUT2D eigenvalue weighted by molar-refractivity contribution is -0.274. The van der Waals surface area contributed by atoms with Gasteiger partial charge in [0, 0.05) is 6.54 Å². The van der Waals surface area contributed by atoms with Gasteiger partial charge < -0.3 is 4.74 Å². The van der Waals surface area contributed by atoms with Gasteiger partial charge in [-0.25, -0.2) is 0 Å². The maximum absolute atomic E-state index is 12.4. The molecule has 0 spiro atoms. The van der Waals surface area contributed by atoms with Gasteiger partial charge in [-0.15, -0.1) is 13.2 Å². The Morgan fingerprint density at radius 3 is 2.50 bits per heavy atom. The summed E-state index contributed by atoms with van der Waals surface area (Å²) in [6.07, 6.45) is -1.71. The van der Waals surface area contributed by atoms with Gasteiger partial charge in [-0.3, -0.25) is 4.99 Å². The summed E-state index contributed by atoms with van der Waals surface area (Å²) in [5.74, 6) is -0.277. The maximum Gasteiger partial charge on any atom is 0.573 e. The lowest BCUT2D eigenvalue weighted by Crippen LogP contribution is -2.16. The van der Waals surface area contributed by atoms with Crippen LogP contribution in [0, 0.1) is 18.3 Å². The van der Waals surface area contributed by atoms with Crippen LogP contribution in [0.3, 0.4) is 0 Å². The Labute approximate surface area is 176 Å². The standard InChI is InChI=1S/C23H22F3N2OP/c1-14(19-5-3-4-10-28-22(19)30)20-11-16(13-27)12-21(15(20)2)17-6-8-18(9-7-17)29-23(24,25)26/h6-9,11-12H,3-5,10,30H2,1-2H3/b19-14+. The van der Waals surface area contributed by atoms with Crippen LogP contribution in [-0.4, -0.2) is 18.4 Å². The molecule has 2 aromatic rings. The monoisotopic (exact) mass is 430 g/mol. The van der Waals surface area contributed by atoms with Crippen LogP contribution in [0.25, 0.3) is 16.7 Å². The number of ether oxygens (including phenoxy) is 1. The molecule has 0 N–H and O–H groups in total. The molecule has 0 aliphatic carbocycles. The molecule has 7 heteroatoms. The van der Waals surface area contributed by atoms with Crippen LogP contribution in [0.5, 0.6) is 5.75 Å². The summed E-state index contributed by atoms with van der Waals surface area (Å²) in [6.45, 7) is 4.81. The molecule has 156 valence electrons. The van der Waals surface area contributed by atoms with Gasteiger partial charge in [0.15, 0.2) is 0 Å². The van der Waals surface area contributed by atoms with Crippen molar-refractivity contribution in [1.29, 1.82) is 5.26 Å². The topological polar surface area (TPSA) is 45.4 Å². The molecule has 1 aliphatic rings. The molecule has 0 saturated carbocycles. The number of nitriles is 1. The van der Waals surface area contributed by atoms with E-state index in [1.165, 1.54) is 12.1 Å². The number of hydrogen-bond donors (Lipinski definition) is 0. The Morgan fingerprint density at radius 2 is 1.87 bits per heavy atom. The number of allylic oxidation sites excluding steroid dienone is 2. The van der Waals surface area contributed by atoms with Gasteiger partial charge in [-0.05, 0) is 90.8 Å². The van der Waals surface area contributed by atoms with Crippen LogP contribution >= 0.6 is 9.24 Å². The van der Waals surface area contributed by atoms with Crippen molar-refractivity contribution in [2.45, 2.75) is 39.5 Å². The highest BCUT2D eigenvalue weighted by Gasteiger charge is 2.31. The number of alkyl halides is 3. The third kappa shape index (κ3) is 5.09. The molecule has 0 amide bonds. The number of halogens is 3. The normalized spacial score (nSPS) is 16.4. The Hall–Kier alpha value is -2.64. The predicted octanol–water partition coefficient (Wildman–Crippen LogP) is 6.66. The second-order valence-electron chi connectivity index (χ2n) is 7.21. The number of aliphatic imine (C=N–C) groups is 1. The van der Waals surface area contributed by atoms with E-state index in [9.17, 15) is 18.4 Å². The van der Waals surface area contributed by atoms with Gasteiger partial charge in [0.2, 0.25) is 0 Å². The van der Waals surface area contributed by atoms with Crippen LogP contribution < -0.4 is 4.74 Å². The van der Waals surface area contributed by atoms with Crippen LogP contribution in [0.4, 0.5) is 13.2 Å². The van der Waals surface area contributed by atoms with Crippen molar-refractivity contribution >= 4 is 20.3 Å². The molecule has 0 aromatic heterocycles. The average Bonchev–Trinajstić information content (AvgIpc) is 2.91.